The fourth-order valence-corrected chi connectivity index (χ4v) is 4.72. The van der Waals surface area contributed by atoms with Crippen molar-refractivity contribution in [1.82, 2.24) is 16.0 Å². The van der Waals surface area contributed by atoms with Gasteiger partial charge in [-0.15, -0.1) is 0 Å². The number of hydrogen-bond acceptors (Lipinski definition) is 5. The highest BCUT2D eigenvalue weighted by Crippen LogP contribution is 2.13. The summed E-state index contributed by atoms with van der Waals surface area (Å²) in [5.74, 6) is -1.43. The van der Waals surface area contributed by atoms with Crippen molar-refractivity contribution in [3.8, 4) is 0 Å². The van der Waals surface area contributed by atoms with Crippen LogP contribution < -0.4 is 16.0 Å². The van der Waals surface area contributed by atoms with Gasteiger partial charge in [-0.1, -0.05) is 97.8 Å². The number of hydrogen-bond donors (Lipinski definition) is 4. The molecule has 0 heterocycles. The van der Waals surface area contributed by atoms with Crippen LogP contribution in [0, 0.1) is 5.92 Å². The molecular formula is C31H59N3O5. The van der Waals surface area contributed by atoms with Crippen LogP contribution in [-0.2, 0) is 19.2 Å². The summed E-state index contributed by atoms with van der Waals surface area (Å²) in [4.78, 5) is 48.0. The highest BCUT2D eigenvalue weighted by molar-refractivity contribution is 5.85. The van der Waals surface area contributed by atoms with Crippen molar-refractivity contribution in [2.75, 3.05) is 13.6 Å². The highest BCUT2D eigenvalue weighted by atomic mass is 16.4. The van der Waals surface area contributed by atoms with E-state index in [1.165, 1.54) is 64.2 Å². The summed E-state index contributed by atoms with van der Waals surface area (Å²) in [6.07, 6.45) is 18.7. The van der Waals surface area contributed by atoms with Crippen LogP contribution in [0.1, 0.15) is 143 Å². The lowest BCUT2D eigenvalue weighted by Gasteiger charge is -2.17. The molecule has 0 bridgehead atoms. The normalized spacial score (nSPS) is 12.7. The zero-order chi connectivity index (χ0) is 29.3. The molecule has 0 radical (unpaired) electrons. The molecule has 2 unspecified atom stereocenters. The number of carboxylic acid groups (broad SMARTS) is 1. The van der Waals surface area contributed by atoms with Gasteiger partial charge in [-0.25, -0.2) is 4.79 Å². The summed E-state index contributed by atoms with van der Waals surface area (Å²) in [6.45, 7) is 6.50. The van der Waals surface area contributed by atoms with Crippen LogP contribution in [0.2, 0.25) is 0 Å². The number of amides is 2. The molecule has 0 saturated heterocycles. The van der Waals surface area contributed by atoms with Crippen LogP contribution in [0.15, 0.2) is 0 Å². The molecule has 0 spiro atoms. The highest BCUT2D eigenvalue weighted by Gasteiger charge is 2.21. The van der Waals surface area contributed by atoms with Gasteiger partial charge in [0.15, 0.2) is 5.78 Å². The maximum absolute atomic E-state index is 12.2. The first-order valence-electron chi connectivity index (χ1n) is 15.7. The molecule has 2 atom stereocenters. The number of carbonyl (C=O) groups is 4. The zero-order valence-electron chi connectivity index (χ0n) is 25.5. The number of nitrogens with one attached hydrogen (secondary N) is 3. The fourth-order valence-electron chi connectivity index (χ4n) is 4.72. The predicted molar refractivity (Wildman–Crippen MR) is 159 cm³/mol. The molecule has 8 nitrogen and oxygen atoms in total. The summed E-state index contributed by atoms with van der Waals surface area (Å²) in [7, 11) is 1.78. The average Bonchev–Trinajstić information content (AvgIpc) is 2.90. The number of carboxylic acids is 1. The van der Waals surface area contributed by atoms with E-state index in [2.05, 4.69) is 22.9 Å². The maximum atomic E-state index is 12.2. The van der Waals surface area contributed by atoms with E-state index in [0.717, 1.165) is 38.5 Å². The van der Waals surface area contributed by atoms with Crippen LogP contribution >= 0.6 is 0 Å². The lowest BCUT2D eigenvalue weighted by molar-refractivity contribution is -0.142. The second-order valence-electron chi connectivity index (χ2n) is 11.2. The molecule has 0 aromatic carbocycles. The Hall–Kier alpha value is -1.96. The van der Waals surface area contributed by atoms with Crippen LogP contribution in [0.5, 0.6) is 0 Å². The first-order valence-corrected chi connectivity index (χ1v) is 15.7. The van der Waals surface area contributed by atoms with Crippen LogP contribution in [0.25, 0.3) is 0 Å². The van der Waals surface area contributed by atoms with Crippen molar-refractivity contribution < 1.29 is 24.3 Å². The van der Waals surface area contributed by atoms with Gasteiger partial charge in [0.25, 0.3) is 0 Å². The van der Waals surface area contributed by atoms with Crippen LogP contribution in [0.3, 0.4) is 0 Å². The number of ketones is 1. The smallest absolute Gasteiger partial charge is 0.326 e. The predicted octanol–water partition coefficient (Wildman–Crippen LogP) is 5.92. The van der Waals surface area contributed by atoms with Gasteiger partial charge in [-0.2, -0.15) is 0 Å². The Balaban J connectivity index is 3.89. The third kappa shape index (κ3) is 21.5. The summed E-state index contributed by atoms with van der Waals surface area (Å²) >= 11 is 0. The number of carbonyl (C=O) groups excluding carboxylic acids is 3. The summed E-state index contributed by atoms with van der Waals surface area (Å²) in [5.41, 5.74) is 0. The number of unbranched alkanes of at least 4 members (excludes halogenated alkanes) is 13. The van der Waals surface area contributed by atoms with E-state index in [1.54, 1.807) is 7.05 Å². The lowest BCUT2D eigenvalue weighted by atomic mass is 9.97. The van der Waals surface area contributed by atoms with E-state index in [9.17, 15) is 24.3 Å². The standard InChI is InChI=1S/C31H59N3O5/c1-5-6-7-8-9-10-11-12-13-14-15-16-17-21-29(36)34-27(31(38)39)22-23-28(35)33-24-19-18-20-26(32-4)30(37)25(2)3/h25-27,32H,5-24H2,1-4H3,(H,33,35)(H,34,36)(H,38,39). The van der Waals surface area contributed by atoms with Gasteiger partial charge in [0.05, 0.1) is 6.04 Å². The summed E-state index contributed by atoms with van der Waals surface area (Å²) < 4.78 is 0. The molecule has 0 fully saturated rings. The third-order valence-corrected chi connectivity index (χ3v) is 7.30. The molecule has 0 saturated carbocycles. The van der Waals surface area contributed by atoms with Gasteiger partial charge in [0, 0.05) is 25.3 Å². The molecule has 0 aromatic heterocycles. The second-order valence-corrected chi connectivity index (χ2v) is 11.2. The van der Waals surface area contributed by atoms with Crippen molar-refractivity contribution >= 4 is 23.6 Å². The first kappa shape index (κ1) is 37.0. The first-order chi connectivity index (χ1) is 18.7. The molecule has 0 aromatic rings. The molecule has 0 aliphatic rings. The van der Waals surface area contributed by atoms with Gasteiger partial charge >= 0.3 is 5.97 Å². The van der Waals surface area contributed by atoms with Crippen LogP contribution in [-0.4, -0.2) is 54.3 Å². The molecule has 2 amide bonds. The minimum atomic E-state index is -1.12. The molecule has 0 rings (SSSR count). The van der Waals surface area contributed by atoms with Crippen molar-refractivity contribution in [3.63, 3.8) is 0 Å². The number of Topliss-reactive ketones (excluding diaryl/α,β-unsaturated/α-hetero) is 1. The van der Waals surface area contributed by atoms with E-state index in [-0.39, 0.29) is 42.4 Å². The summed E-state index contributed by atoms with van der Waals surface area (Å²) in [5, 5.41) is 17.9. The van der Waals surface area contributed by atoms with Crippen LogP contribution in [0.4, 0.5) is 0 Å². The monoisotopic (exact) mass is 553 g/mol. The lowest BCUT2D eigenvalue weighted by Crippen LogP contribution is -2.41. The molecule has 228 valence electrons. The quantitative estimate of drug-likeness (QED) is 0.0937. The Labute approximate surface area is 238 Å². The fraction of sp³-hybridized carbons (Fsp3) is 0.871. The molecular weight excluding hydrogens is 494 g/mol. The average molecular weight is 554 g/mol. The molecule has 0 aliphatic carbocycles. The largest absolute Gasteiger partial charge is 0.480 e. The molecule has 4 N–H and O–H groups in total. The van der Waals surface area contributed by atoms with E-state index in [0.29, 0.717) is 13.0 Å². The Kier molecular flexibility index (Phi) is 23.8. The van der Waals surface area contributed by atoms with Crippen molar-refractivity contribution in [2.45, 2.75) is 155 Å². The number of likely N-dealkylation sites (N-methyl/N-ethyl adjacent to an activating group) is 1. The van der Waals surface area contributed by atoms with Gasteiger partial charge < -0.3 is 21.1 Å². The van der Waals surface area contributed by atoms with Gasteiger partial charge in [-0.05, 0) is 39.2 Å². The van der Waals surface area contributed by atoms with E-state index >= 15 is 0 Å². The van der Waals surface area contributed by atoms with Crippen molar-refractivity contribution in [3.05, 3.63) is 0 Å². The van der Waals surface area contributed by atoms with Crippen molar-refractivity contribution in [2.24, 2.45) is 5.92 Å². The Bertz CT molecular complexity index is 669. The summed E-state index contributed by atoms with van der Waals surface area (Å²) in [6, 6.07) is -1.22. The second kappa shape index (κ2) is 25.0. The van der Waals surface area contributed by atoms with E-state index in [4.69, 9.17) is 0 Å². The van der Waals surface area contributed by atoms with E-state index < -0.39 is 12.0 Å². The van der Waals surface area contributed by atoms with Gasteiger partial charge in [-0.3, -0.25) is 14.4 Å². The van der Waals surface area contributed by atoms with E-state index in [1.807, 2.05) is 13.8 Å². The zero-order valence-corrected chi connectivity index (χ0v) is 25.5. The molecule has 0 aliphatic heterocycles. The molecule has 8 heteroatoms. The Morgan fingerprint density at radius 3 is 1.67 bits per heavy atom. The SMILES string of the molecule is CCCCCCCCCCCCCCCC(=O)NC(CCC(=O)NCCCCC(NC)C(=O)C(C)C)C(=O)O. The Morgan fingerprint density at radius 2 is 1.18 bits per heavy atom. The third-order valence-electron chi connectivity index (χ3n) is 7.30. The number of aliphatic carboxylic acids is 1. The van der Waals surface area contributed by atoms with Crippen molar-refractivity contribution in [1.29, 1.82) is 0 Å². The Morgan fingerprint density at radius 1 is 0.641 bits per heavy atom. The van der Waals surface area contributed by atoms with Gasteiger partial charge in [0.2, 0.25) is 11.8 Å². The topological polar surface area (TPSA) is 125 Å². The minimum absolute atomic E-state index is 0.0146. The minimum Gasteiger partial charge on any atom is -0.480 e. The van der Waals surface area contributed by atoms with Gasteiger partial charge in [0.1, 0.15) is 6.04 Å². The number of rotatable bonds is 27. The molecule has 39 heavy (non-hydrogen) atoms. The maximum Gasteiger partial charge on any atom is 0.326 e.